The molecule has 1 unspecified atom stereocenters. The van der Waals surface area contributed by atoms with E-state index in [1.165, 1.54) is 40.5 Å². The lowest BCUT2D eigenvalue weighted by Gasteiger charge is -2.34. The number of amides is 2. The minimum absolute atomic E-state index is 0.0237. The summed E-state index contributed by atoms with van der Waals surface area (Å²) >= 11 is 1.45. The number of nitrogens with zero attached hydrogens (tertiary/aromatic N) is 1. The van der Waals surface area contributed by atoms with Crippen molar-refractivity contribution in [3.63, 3.8) is 0 Å². The van der Waals surface area contributed by atoms with Crippen LogP contribution < -0.4 is 15.5 Å². The lowest BCUT2D eigenvalue weighted by molar-refractivity contribution is -0.895. The Hall–Kier alpha value is -2.27. The number of likely N-dealkylation sites (N-methyl/N-ethyl adjacent to an activating group) is 1. The summed E-state index contributed by atoms with van der Waals surface area (Å²) in [5.41, 5.74) is 1.90. The fourth-order valence-corrected chi connectivity index (χ4v) is 7.98. The van der Waals surface area contributed by atoms with Crippen molar-refractivity contribution in [2.24, 2.45) is 0 Å². The molecule has 3 N–H and O–H groups in total. The molecule has 1 aromatic heterocycles. The molecule has 1 aromatic carbocycles. The Balaban J connectivity index is 1.56. The van der Waals surface area contributed by atoms with E-state index in [1.54, 1.807) is 11.4 Å². The third-order valence-corrected chi connectivity index (χ3v) is 9.92. The molecule has 2 aliphatic rings. The molecular formula is C24H33N4O4S2+. The van der Waals surface area contributed by atoms with E-state index in [1.807, 2.05) is 6.92 Å². The van der Waals surface area contributed by atoms with Crippen LogP contribution in [0.1, 0.15) is 63.8 Å². The summed E-state index contributed by atoms with van der Waals surface area (Å²) in [7, 11) is 0.0950. The molecule has 2 amide bonds. The summed E-state index contributed by atoms with van der Waals surface area (Å²) in [4.78, 5) is 28.3. The Kier molecular flexibility index (Phi) is 7.42. The first-order chi connectivity index (χ1) is 16.3. The molecule has 2 aliphatic heterocycles. The predicted octanol–water partition coefficient (Wildman–Crippen LogP) is 1.88. The summed E-state index contributed by atoms with van der Waals surface area (Å²) in [5, 5.41) is 6.13. The molecule has 1 fully saturated rings. The number of rotatable bonds is 6. The van der Waals surface area contributed by atoms with Gasteiger partial charge in [-0.15, -0.1) is 11.3 Å². The highest BCUT2D eigenvalue weighted by molar-refractivity contribution is 7.89. The fraction of sp³-hybridized carbons (Fsp3) is 0.500. The van der Waals surface area contributed by atoms with Crippen molar-refractivity contribution in [1.82, 2.24) is 9.62 Å². The van der Waals surface area contributed by atoms with E-state index in [0.29, 0.717) is 22.7 Å². The summed E-state index contributed by atoms with van der Waals surface area (Å²) in [6, 6.07) is 6.11. The molecule has 0 spiro atoms. The maximum absolute atomic E-state index is 13.2. The number of benzene rings is 1. The Morgan fingerprint density at radius 3 is 2.59 bits per heavy atom. The van der Waals surface area contributed by atoms with Gasteiger partial charge >= 0.3 is 0 Å². The van der Waals surface area contributed by atoms with Gasteiger partial charge in [0.25, 0.3) is 11.8 Å². The van der Waals surface area contributed by atoms with Crippen molar-refractivity contribution in [1.29, 1.82) is 0 Å². The number of thiophene rings is 1. The maximum atomic E-state index is 13.2. The average Bonchev–Trinajstić information content (AvgIpc) is 3.20. The Labute approximate surface area is 205 Å². The van der Waals surface area contributed by atoms with Crippen LogP contribution in [0.2, 0.25) is 0 Å². The number of piperidine rings is 1. The second-order valence-corrected chi connectivity index (χ2v) is 12.1. The largest absolute Gasteiger partial charge is 0.355 e. The molecule has 34 heavy (non-hydrogen) atoms. The van der Waals surface area contributed by atoms with E-state index < -0.39 is 10.0 Å². The van der Waals surface area contributed by atoms with E-state index >= 15 is 0 Å². The topological polar surface area (TPSA) is 100 Å². The molecule has 4 rings (SSSR count). The van der Waals surface area contributed by atoms with Crippen molar-refractivity contribution in [2.45, 2.75) is 56.5 Å². The van der Waals surface area contributed by atoms with Crippen molar-refractivity contribution in [3.8, 4) is 0 Å². The maximum Gasteiger partial charge on any atom is 0.256 e. The number of hydrogen-bond donors (Lipinski definition) is 3. The van der Waals surface area contributed by atoms with Crippen molar-refractivity contribution >= 4 is 38.2 Å². The van der Waals surface area contributed by atoms with Gasteiger partial charge in [-0.2, -0.15) is 4.31 Å². The highest BCUT2D eigenvalue weighted by atomic mass is 32.2. The van der Waals surface area contributed by atoms with E-state index in [9.17, 15) is 18.0 Å². The molecule has 3 heterocycles. The van der Waals surface area contributed by atoms with E-state index in [0.717, 1.165) is 55.6 Å². The number of anilines is 1. The van der Waals surface area contributed by atoms with Gasteiger partial charge in [0.1, 0.15) is 11.5 Å². The van der Waals surface area contributed by atoms with E-state index in [-0.39, 0.29) is 22.8 Å². The molecule has 0 bridgehead atoms. The molecule has 0 aliphatic carbocycles. The number of quaternary nitrogens is 1. The van der Waals surface area contributed by atoms with Gasteiger partial charge in [0, 0.05) is 31.6 Å². The lowest BCUT2D eigenvalue weighted by atomic mass is 10.0. The van der Waals surface area contributed by atoms with Crippen LogP contribution in [0.5, 0.6) is 0 Å². The van der Waals surface area contributed by atoms with Crippen LogP contribution in [0.25, 0.3) is 0 Å². The van der Waals surface area contributed by atoms with Crippen molar-refractivity contribution in [3.05, 3.63) is 45.8 Å². The Bertz CT molecular complexity index is 1170. The van der Waals surface area contributed by atoms with Gasteiger partial charge in [0.05, 0.1) is 28.9 Å². The highest BCUT2D eigenvalue weighted by Crippen LogP contribution is 2.35. The Morgan fingerprint density at radius 2 is 1.91 bits per heavy atom. The first kappa shape index (κ1) is 24.8. The SMILES string of the molecule is CC[C@H]1CCCCN1S(=O)(=O)c1ccc(C(=O)Nc2sc3c(c2C(=O)NC)CC[NH+](C)C3)cc1. The van der Waals surface area contributed by atoms with Gasteiger partial charge in [0.2, 0.25) is 10.0 Å². The van der Waals surface area contributed by atoms with Gasteiger partial charge < -0.3 is 15.5 Å². The van der Waals surface area contributed by atoms with E-state index in [2.05, 4.69) is 17.7 Å². The van der Waals surface area contributed by atoms with Crippen LogP contribution in [-0.2, 0) is 23.0 Å². The number of carbonyl (C=O) groups excluding carboxylic acids is 2. The second kappa shape index (κ2) is 10.2. The minimum atomic E-state index is -3.60. The van der Waals surface area contributed by atoms with Crippen molar-refractivity contribution in [2.75, 3.05) is 32.5 Å². The number of hydrogen-bond acceptors (Lipinski definition) is 5. The molecule has 184 valence electrons. The molecule has 10 heteroatoms. The van der Waals surface area contributed by atoms with E-state index in [4.69, 9.17) is 0 Å². The number of carbonyl (C=O) groups is 2. The molecule has 1 saturated heterocycles. The monoisotopic (exact) mass is 505 g/mol. The summed E-state index contributed by atoms with van der Waals surface area (Å²) < 4.78 is 28.0. The normalized spacial score (nSPS) is 21.0. The molecule has 2 atom stereocenters. The minimum Gasteiger partial charge on any atom is -0.355 e. The molecule has 8 nitrogen and oxygen atoms in total. The van der Waals surface area contributed by atoms with Crippen LogP contribution in [0, 0.1) is 0 Å². The average molecular weight is 506 g/mol. The fourth-order valence-electron chi connectivity index (χ4n) is 4.86. The van der Waals surface area contributed by atoms with Gasteiger partial charge in [-0.05, 0) is 49.1 Å². The second-order valence-electron chi connectivity index (χ2n) is 9.07. The number of sulfonamides is 1. The van der Waals surface area contributed by atoms with Gasteiger partial charge in [-0.1, -0.05) is 13.3 Å². The summed E-state index contributed by atoms with van der Waals surface area (Å²) in [5.74, 6) is -0.571. The Morgan fingerprint density at radius 1 is 1.18 bits per heavy atom. The molecule has 0 saturated carbocycles. The quantitative estimate of drug-likeness (QED) is 0.558. The van der Waals surface area contributed by atoms with Gasteiger partial charge in [0.15, 0.2) is 0 Å². The van der Waals surface area contributed by atoms with Crippen molar-refractivity contribution < 1.29 is 22.9 Å². The van der Waals surface area contributed by atoms with Gasteiger partial charge in [-0.25, -0.2) is 8.42 Å². The third kappa shape index (κ3) is 4.77. The van der Waals surface area contributed by atoms with Crippen LogP contribution >= 0.6 is 11.3 Å². The zero-order valence-corrected chi connectivity index (χ0v) is 21.6. The first-order valence-corrected chi connectivity index (χ1v) is 14.1. The standard InChI is InChI=1S/C24H32N4O4S2/c1-4-17-7-5-6-13-28(17)34(31,32)18-10-8-16(9-11-18)22(29)26-24-21(23(30)25-2)19-12-14-27(3)15-20(19)33-24/h8-11,17H,4-7,12-15H2,1-3H3,(H,25,30)(H,26,29)/p+1/t17-/m0/s1. The van der Waals surface area contributed by atoms with Gasteiger partial charge in [-0.3, -0.25) is 9.59 Å². The van der Waals surface area contributed by atoms with Crippen LogP contribution in [0.3, 0.4) is 0 Å². The predicted molar refractivity (Wildman–Crippen MR) is 133 cm³/mol. The zero-order chi connectivity index (χ0) is 24.5. The summed E-state index contributed by atoms with van der Waals surface area (Å²) in [6.45, 7) is 4.31. The number of fused-ring (bicyclic) bond motifs is 1. The highest BCUT2D eigenvalue weighted by Gasteiger charge is 2.33. The molecule has 2 aromatic rings. The molecular weight excluding hydrogens is 472 g/mol. The van der Waals surface area contributed by atoms with Crippen LogP contribution in [0.4, 0.5) is 5.00 Å². The van der Waals surface area contributed by atoms with Crippen LogP contribution in [-0.4, -0.2) is 57.8 Å². The third-order valence-electron chi connectivity index (χ3n) is 6.80. The zero-order valence-electron chi connectivity index (χ0n) is 19.9. The number of nitrogens with one attached hydrogen (secondary N) is 3. The first-order valence-electron chi connectivity index (χ1n) is 11.9. The smallest absolute Gasteiger partial charge is 0.256 e. The summed E-state index contributed by atoms with van der Waals surface area (Å²) in [6.07, 6.45) is 4.37. The van der Waals surface area contributed by atoms with Crippen LogP contribution in [0.15, 0.2) is 29.2 Å². The lowest BCUT2D eigenvalue weighted by Crippen LogP contribution is -3.08. The molecule has 0 radical (unpaired) electrons.